The Kier molecular flexibility index (Phi) is 7.48. The van der Waals surface area contributed by atoms with E-state index in [-0.39, 0.29) is 11.8 Å². The van der Waals surface area contributed by atoms with Crippen molar-refractivity contribution in [3.8, 4) is 0 Å². The van der Waals surface area contributed by atoms with Crippen molar-refractivity contribution in [2.75, 3.05) is 32.7 Å². The molecule has 1 aliphatic carbocycles. The van der Waals surface area contributed by atoms with Crippen LogP contribution in [0.2, 0.25) is 0 Å². The van der Waals surface area contributed by atoms with Crippen LogP contribution in [0.15, 0.2) is 29.2 Å². The fourth-order valence-electron chi connectivity index (χ4n) is 4.14. The van der Waals surface area contributed by atoms with Crippen LogP contribution in [0.4, 0.5) is 0 Å². The first-order chi connectivity index (χ1) is 13.4. The molecule has 156 valence electrons. The summed E-state index contributed by atoms with van der Waals surface area (Å²) in [5, 5.41) is 3.08. The van der Waals surface area contributed by atoms with E-state index in [9.17, 15) is 13.2 Å². The van der Waals surface area contributed by atoms with E-state index in [0.29, 0.717) is 17.4 Å². The number of amides is 1. The minimum atomic E-state index is -3.46. The molecule has 0 aromatic heterocycles. The molecular formula is C21H33N3O3S. The lowest BCUT2D eigenvalue weighted by molar-refractivity contribution is -0.126. The molecule has 0 atom stereocenters. The molecular weight excluding hydrogens is 374 g/mol. The van der Waals surface area contributed by atoms with Crippen molar-refractivity contribution in [1.29, 1.82) is 0 Å². The van der Waals surface area contributed by atoms with Crippen molar-refractivity contribution in [3.05, 3.63) is 29.8 Å². The zero-order valence-corrected chi connectivity index (χ0v) is 17.6. The lowest BCUT2D eigenvalue weighted by Gasteiger charge is -2.28. The number of nitrogens with one attached hydrogen (secondary N) is 2. The smallest absolute Gasteiger partial charge is 0.240 e. The first-order valence-corrected chi connectivity index (χ1v) is 12.0. The van der Waals surface area contributed by atoms with Gasteiger partial charge in [0.25, 0.3) is 0 Å². The Morgan fingerprint density at radius 3 is 2.36 bits per heavy atom. The molecule has 2 fully saturated rings. The van der Waals surface area contributed by atoms with Crippen LogP contribution < -0.4 is 10.0 Å². The van der Waals surface area contributed by atoms with Crippen LogP contribution in [0.3, 0.4) is 0 Å². The Balaban J connectivity index is 1.36. The summed E-state index contributed by atoms with van der Waals surface area (Å²) < 4.78 is 27.6. The molecule has 2 N–H and O–H groups in total. The van der Waals surface area contributed by atoms with E-state index in [1.54, 1.807) is 12.1 Å². The lowest BCUT2D eigenvalue weighted by atomic mass is 9.81. The van der Waals surface area contributed by atoms with Crippen LogP contribution in [-0.2, 0) is 14.8 Å². The predicted octanol–water partition coefficient (Wildman–Crippen LogP) is 2.29. The number of aryl methyl sites for hydroxylation is 1. The third kappa shape index (κ3) is 6.03. The van der Waals surface area contributed by atoms with E-state index >= 15 is 0 Å². The molecule has 0 spiro atoms. The molecule has 1 saturated heterocycles. The zero-order chi connectivity index (χ0) is 20.0. The second-order valence-corrected chi connectivity index (χ2v) is 9.99. The maximum Gasteiger partial charge on any atom is 0.240 e. The highest BCUT2D eigenvalue weighted by molar-refractivity contribution is 7.89. The van der Waals surface area contributed by atoms with Crippen LogP contribution in [-0.4, -0.2) is 51.9 Å². The monoisotopic (exact) mass is 407 g/mol. The van der Waals surface area contributed by atoms with E-state index in [1.807, 2.05) is 19.1 Å². The van der Waals surface area contributed by atoms with Crippen molar-refractivity contribution in [2.24, 2.45) is 11.8 Å². The average Bonchev–Trinajstić information content (AvgIpc) is 3.21. The molecule has 1 amide bonds. The van der Waals surface area contributed by atoms with E-state index in [1.165, 1.54) is 12.8 Å². The van der Waals surface area contributed by atoms with Gasteiger partial charge in [0.05, 0.1) is 4.90 Å². The number of carbonyl (C=O) groups excluding carboxylic acids is 1. The summed E-state index contributed by atoms with van der Waals surface area (Å²) in [5.41, 5.74) is 1.04. The lowest BCUT2D eigenvalue weighted by Crippen LogP contribution is -2.39. The molecule has 0 radical (unpaired) electrons. The summed E-state index contributed by atoms with van der Waals surface area (Å²) in [5.74, 6) is 0.537. The molecule has 1 heterocycles. The second-order valence-electron chi connectivity index (χ2n) is 8.22. The maximum absolute atomic E-state index is 12.4. The highest BCUT2D eigenvalue weighted by Crippen LogP contribution is 2.28. The molecule has 1 aromatic carbocycles. The molecule has 0 bridgehead atoms. The van der Waals surface area contributed by atoms with Crippen LogP contribution >= 0.6 is 0 Å². The van der Waals surface area contributed by atoms with Gasteiger partial charge in [-0.1, -0.05) is 17.7 Å². The Hall–Kier alpha value is -1.44. The van der Waals surface area contributed by atoms with Gasteiger partial charge in [0.15, 0.2) is 0 Å². The Morgan fingerprint density at radius 2 is 1.71 bits per heavy atom. The molecule has 0 unspecified atom stereocenters. The quantitative estimate of drug-likeness (QED) is 0.693. The second kappa shape index (κ2) is 9.85. The summed E-state index contributed by atoms with van der Waals surface area (Å²) in [6.07, 6.45) is 6.00. The number of hydrogen-bond donors (Lipinski definition) is 2. The normalized spacial score (nSPS) is 23.6. The fraction of sp³-hybridized carbons (Fsp3) is 0.667. The summed E-state index contributed by atoms with van der Waals surface area (Å²) in [6.45, 7) is 6.36. The van der Waals surface area contributed by atoms with Crippen molar-refractivity contribution in [1.82, 2.24) is 14.9 Å². The number of nitrogens with zero attached hydrogens (tertiary/aromatic N) is 1. The minimum Gasteiger partial charge on any atom is -0.355 e. The Morgan fingerprint density at radius 1 is 1.07 bits per heavy atom. The molecule has 1 saturated carbocycles. The predicted molar refractivity (Wildman–Crippen MR) is 110 cm³/mol. The van der Waals surface area contributed by atoms with Gasteiger partial charge in [0, 0.05) is 25.6 Å². The Labute approximate surface area is 169 Å². The van der Waals surface area contributed by atoms with Crippen LogP contribution in [0.25, 0.3) is 0 Å². The van der Waals surface area contributed by atoms with E-state index < -0.39 is 10.0 Å². The third-order valence-electron chi connectivity index (χ3n) is 6.04. The van der Waals surface area contributed by atoms with Crippen LogP contribution in [0.1, 0.15) is 44.1 Å². The van der Waals surface area contributed by atoms with Gasteiger partial charge in [-0.25, -0.2) is 13.1 Å². The average molecular weight is 408 g/mol. The largest absolute Gasteiger partial charge is 0.355 e. The summed E-state index contributed by atoms with van der Waals surface area (Å²) in [6, 6.07) is 6.90. The van der Waals surface area contributed by atoms with Gasteiger partial charge in [-0.3, -0.25) is 4.79 Å². The summed E-state index contributed by atoms with van der Waals surface area (Å²) in [7, 11) is -3.46. The first kappa shape index (κ1) is 21.3. The van der Waals surface area contributed by atoms with E-state index in [0.717, 1.165) is 57.4 Å². The van der Waals surface area contributed by atoms with Crippen molar-refractivity contribution < 1.29 is 13.2 Å². The highest BCUT2D eigenvalue weighted by atomic mass is 32.2. The number of carbonyl (C=O) groups is 1. The maximum atomic E-state index is 12.4. The van der Waals surface area contributed by atoms with Gasteiger partial charge in [-0.15, -0.1) is 0 Å². The van der Waals surface area contributed by atoms with Crippen molar-refractivity contribution >= 4 is 15.9 Å². The summed E-state index contributed by atoms with van der Waals surface area (Å²) >= 11 is 0. The van der Waals surface area contributed by atoms with Gasteiger partial charge in [0.1, 0.15) is 0 Å². The SMILES string of the molecule is Cc1ccc(S(=O)(=O)NCC2CCC(C(=O)NCCN3CCCC3)CC2)cc1. The molecule has 3 rings (SSSR count). The topological polar surface area (TPSA) is 78.5 Å². The van der Waals surface area contributed by atoms with Gasteiger partial charge in [-0.05, 0) is 76.6 Å². The molecule has 1 aliphatic heterocycles. The van der Waals surface area contributed by atoms with E-state index in [4.69, 9.17) is 0 Å². The zero-order valence-electron chi connectivity index (χ0n) is 16.8. The van der Waals surface area contributed by atoms with Crippen molar-refractivity contribution in [3.63, 3.8) is 0 Å². The number of rotatable bonds is 8. The van der Waals surface area contributed by atoms with Gasteiger partial charge in [-0.2, -0.15) is 0 Å². The highest BCUT2D eigenvalue weighted by Gasteiger charge is 2.27. The van der Waals surface area contributed by atoms with Gasteiger partial charge in [0.2, 0.25) is 15.9 Å². The van der Waals surface area contributed by atoms with Gasteiger partial charge < -0.3 is 10.2 Å². The van der Waals surface area contributed by atoms with Crippen LogP contribution in [0, 0.1) is 18.8 Å². The number of sulfonamides is 1. The van der Waals surface area contributed by atoms with Crippen LogP contribution in [0.5, 0.6) is 0 Å². The minimum absolute atomic E-state index is 0.0727. The third-order valence-corrected chi connectivity index (χ3v) is 7.48. The molecule has 6 nitrogen and oxygen atoms in total. The van der Waals surface area contributed by atoms with Crippen molar-refractivity contribution in [2.45, 2.75) is 50.3 Å². The van der Waals surface area contributed by atoms with Gasteiger partial charge >= 0.3 is 0 Å². The molecule has 7 heteroatoms. The Bertz CT molecular complexity index is 735. The number of likely N-dealkylation sites (tertiary alicyclic amines) is 1. The first-order valence-electron chi connectivity index (χ1n) is 10.5. The fourth-order valence-corrected chi connectivity index (χ4v) is 5.26. The molecule has 1 aromatic rings. The standard InChI is InChI=1S/C21H33N3O3S/c1-17-4-10-20(11-5-17)28(26,27)23-16-18-6-8-19(9-7-18)21(25)22-12-15-24-13-2-3-14-24/h4-5,10-11,18-19,23H,2-3,6-9,12-16H2,1H3,(H,22,25). The molecule has 2 aliphatic rings. The van der Waals surface area contributed by atoms with E-state index in [2.05, 4.69) is 14.9 Å². The molecule has 28 heavy (non-hydrogen) atoms. The number of hydrogen-bond acceptors (Lipinski definition) is 4. The number of benzene rings is 1. The summed E-state index contributed by atoms with van der Waals surface area (Å²) in [4.78, 5) is 15.1.